The lowest BCUT2D eigenvalue weighted by Crippen LogP contribution is -2.15. The number of hydrogen-bond acceptors (Lipinski definition) is 7. The number of carbonyl (C=O) groups excluding carboxylic acids is 3. The smallest absolute Gasteiger partial charge is 0.343 e. The molecule has 0 spiro atoms. The summed E-state index contributed by atoms with van der Waals surface area (Å²) in [5.41, 5.74) is 2.91. The molecule has 3 aromatic rings. The zero-order valence-corrected chi connectivity index (χ0v) is 33.0. The van der Waals surface area contributed by atoms with Gasteiger partial charge >= 0.3 is 17.9 Å². The van der Waals surface area contributed by atoms with Crippen LogP contribution in [0, 0.1) is 5.92 Å². The lowest BCUT2D eigenvalue weighted by molar-refractivity contribution is -0.145. The molecule has 0 aliphatic heterocycles. The Hall–Kier alpha value is -4.13. The fourth-order valence-corrected chi connectivity index (χ4v) is 7.04. The van der Waals surface area contributed by atoms with Gasteiger partial charge in [0.2, 0.25) is 0 Å². The van der Waals surface area contributed by atoms with Crippen molar-refractivity contribution in [3.05, 3.63) is 83.9 Å². The highest BCUT2D eigenvalue weighted by atomic mass is 16.5. The third kappa shape index (κ3) is 16.5. The first-order chi connectivity index (χ1) is 26.4. The Labute approximate surface area is 324 Å². The van der Waals surface area contributed by atoms with Gasteiger partial charge in [0.05, 0.1) is 30.4 Å². The van der Waals surface area contributed by atoms with Crippen molar-refractivity contribution >= 4 is 17.9 Å². The molecular weight excluding hydrogens is 677 g/mol. The van der Waals surface area contributed by atoms with Crippen LogP contribution >= 0.6 is 0 Å². The molecule has 294 valence electrons. The van der Waals surface area contributed by atoms with Gasteiger partial charge in [-0.15, -0.1) is 0 Å². The first-order valence-corrected chi connectivity index (χ1v) is 20.9. The molecule has 7 nitrogen and oxygen atoms in total. The van der Waals surface area contributed by atoms with Crippen molar-refractivity contribution in [3.8, 4) is 22.6 Å². The summed E-state index contributed by atoms with van der Waals surface area (Å²) in [5, 5.41) is 0. The second-order valence-electron chi connectivity index (χ2n) is 15.0. The summed E-state index contributed by atoms with van der Waals surface area (Å²) in [4.78, 5) is 37.3. The molecule has 0 heterocycles. The Morgan fingerprint density at radius 2 is 1.11 bits per heavy atom. The standard InChI is InChI=1S/C47H64O7/c1-3-4-5-14-19-37(2)53-46(49)42-28-32-44(33-29-42)54-47(50)41-24-22-39(23-25-41)40-26-30-43(31-27-40)51-34-17-11-9-7-6-8-10-12-18-35-52-45(48)36-38-20-15-13-16-21-38/h22-33,37-38H,3-21,34-36H2,1-2H3. The second kappa shape index (κ2) is 25.0. The van der Waals surface area contributed by atoms with E-state index in [1.165, 1.54) is 83.5 Å². The molecule has 54 heavy (non-hydrogen) atoms. The number of unbranched alkanes of at least 4 members (excludes halogenated alkanes) is 11. The average molecular weight is 741 g/mol. The molecule has 0 bridgehead atoms. The maximum Gasteiger partial charge on any atom is 0.343 e. The third-order valence-electron chi connectivity index (χ3n) is 10.4. The van der Waals surface area contributed by atoms with E-state index in [2.05, 4.69) is 6.92 Å². The van der Waals surface area contributed by atoms with Crippen LogP contribution in [0.2, 0.25) is 0 Å². The van der Waals surface area contributed by atoms with Crippen molar-refractivity contribution in [1.29, 1.82) is 0 Å². The van der Waals surface area contributed by atoms with Crippen molar-refractivity contribution in [1.82, 2.24) is 0 Å². The van der Waals surface area contributed by atoms with Gasteiger partial charge in [0.25, 0.3) is 0 Å². The quantitative estimate of drug-likeness (QED) is 0.0485. The van der Waals surface area contributed by atoms with Crippen LogP contribution < -0.4 is 9.47 Å². The van der Waals surface area contributed by atoms with Gasteiger partial charge < -0.3 is 18.9 Å². The molecule has 1 fully saturated rings. The van der Waals surface area contributed by atoms with E-state index in [1.54, 1.807) is 36.4 Å². The van der Waals surface area contributed by atoms with E-state index in [0.29, 0.717) is 42.4 Å². The number of ether oxygens (including phenoxy) is 4. The molecule has 0 saturated heterocycles. The summed E-state index contributed by atoms with van der Waals surface area (Å²) >= 11 is 0. The number of hydrogen-bond donors (Lipinski definition) is 0. The predicted molar refractivity (Wildman–Crippen MR) is 216 cm³/mol. The molecule has 1 unspecified atom stereocenters. The van der Waals surface area contributed by atoms with Crippen LogP contribution in [0.3, 0.4) is 0 Å². The van der Waals surface area contributed by atoms with Crippen LogP contribution in [0.5, 0.6) is 11.5 Å². The van der Waals surface area contributed by atoms with Crippen molar-refractivity contribution in [2.75, 3.05) is 13.2 Å². The molecule has 0 aromatic heterocycles. The third-order valence-corrected chi connectivity index (χ3v) is 10.4. The summed E-state index contributed by atoms with van der Waals surface area (Å²) < 4.78 is 22.6. The summed E-state index contributed by atoms with van der Waals surface area (Å²) in [5.74, 6) is 0.960. The van der Waals surface area contributed by atoms with E-state index in [4.69, 9.17) is 18.9 Å². The molecule has 7 heteroatoms. The van der Waals surface area contributed by atoms with E-state index in [1.807, 2.05) is 43.3 Å². The fourth-order valence-electron chi connectivity index (χ4n) is 7.04. The number of rotatable bonds is 25. The lowest BCUT2D eigenvalue weighted by atomic mass is 9.87. The van der Waals surface area contributed by atoms with Crippen molar-refractivity contribution in [2.24, 2.45) is 5.92 Å². The fraction of sp³-hybridized carbons (Fsp3) is 0.553. The van der Waals surface area contributed by atoms with Crippen LogP contribution in [0.15, 0.2) is 72.8 Å². The van der Waals surface area contributed by atoms with Gasteiger partial charge in [0, 0.05) is 6.42 Å². The predicted octanol–water partition coefficient (Wildman–Crippen LogP) is 12.5. The summed E-state index contributed by atoms with van der Waals surface area (Å²) in [7, 11) is 0. The van der Waals surface area contributed by atoms with Gasteiger partial charge in [0.15, 0.2) is 0 Å². The molecule has 1 aliphatic carbocycles. The van der Waals surface area contributed by atoms with Gasteiger partial charge in [-0.1, -0.05) is 115 Å². The molecule has 1 atom stereocenters. The molecule has 1 saturated carbocycles. The Morgan fingerprint density at radius 3 is 1.74 bits per heavy atom. The van der Waals surface area contributed by atoms with Crippen LogP contribution in [0.25, 0.3) is 11.1 Å². The highest BCUT2D eigenvalue weighted by Gasteiger charge is 2.18. The average Bonchev–Trinajstić information content (AvgIpc) is 3.19. The largest absolute Gasteiger partial charge is 0.494 e. The Bertz CT molecular complexity index is 1490. The lowest BCUT2D eigenvalue weighted by Gasteiger charge is -2.20. The molecule has 3 aromatic carbocycles. The SMILES string of the molecule is CCCCCCC(C)OC(=O)c1ccc(OC(=O)c2ccc(-c3ccc(OCCCCCCCCCCCOC(=O)CC4CCCCC4)cc3)cc2)cc1. The van der Waals surface area contributed by atoms with Gasteiger partial charge in [-0.25, -0.2) is 9.59 Å². The number of benzene rings is 3. The molecule has 0 amide bonds. The second-order valence-corrected chi connectivity index (χ2v) is 15.0. The first-order valence-electron chi connectivity index (χ1n) is 20.9. The maximum atomic E-state index is 12.8. The summed E-state index contributed by atoms with van der Waals surface area (Å²) in [6.07, 6.45) is 22.7. The summed E-state index contributed by atoms with van der Waals surface area (Å²) in [6.45, 7) is 5.39. The minimum absolute atomic E-state index is 0.00674. The van der Waals surface area contributed by atoms with Gasteiger partial charge in [-0.3, -0.25) is 4.79 Å². The summed E-state index contributed by atoms with van der Waals surface area (Å²) in [6, 6.07) is 21.9. The maximum absolute atomic E-state index is 12.8. The van der Waals surface area contributed by atoms with E-state index in [-0.39, 0.29) is 18.0 Å². The van der Waals surface area contributed by atoms with Crippen LogP contribution in [-0.2, 0) is 14.3 Å². The van der Waals surface area contributed by atoms with Gasteiger partial charge in [0.1, 0.15) is 11.5 Å². The Balaban J connectivity index is 1.03. The van der Waals surface area contributed by atoms with Gasteiger partial charge in [-0.05, 0) is 111 Å². The van der Waals surface area contributed by atoms with Crippen LogP contribution in [0.1, 0.15) is 163 Å². The molecule has 0 radical (unpaired) electrons. The van der Waals surface area contributed by atoms with E-state index >= 15 is 0 Å². The zero-order chi connectivity index (χ0) is 38.2. The first kappa shape index (κ1) is 42.6. The van der Waals surface area contributed by atoms with Crippen molar-refractivity contribution in [2.45, 2.75) is 148 Å². The Kier molecular flexibility index (Phi) is 19.8. The normalized spacial score (nSPS) is 13.6. The van der Waals surface area contributed by atoms with Crippen LogP contribution in [0.4, 0.5) is 0 Å². The molecular formula is C47H64O7. The highest BCUT2D eigenvalue weighted by molar-refractivity contribution is 5.92. The minimum atomic E-state index is -0.461. The van der Waals surface area contributed by atoms with Crippen molar-refractivity contribution in [3.63, 3.8) is 0 Å². The van der Waals surface area contributed by atoms with E-state index < -0.39 is 5.97 Å². The van der Waals surface area contributed by atoms with Gasteiger partial charge in [-0.2, -0.15) is 0 Å². The zero-order valence-electron chi connectivity index (χ0n) is 33.0. The molecule has 0 N–H and O–H groups in total. The van der Waals surface area contributed by atoms with Crippen molar-refractivity contribution < 1.29 is 33.3 Å². The topological polar surface area (TPSA) is 88.1 Å². The van der Waals surface area contributed by atoms with Crippen LogP contribution in [-0.4, -0.2) is 37.2 Å². The van der Waals surface area contributed by atoms with E-state index in [9.17, 15) is 14.4 Å². The Morgan fingerprint density at radius 1 is 0.593 bits per heavy atom. The highest BCUT2D eigenvalue weighted by Crippen LogP contribution is 2.27. The molecule has 1 aliphatic rings. The number of esters is 3. The molecule has 4 rings (SSSR count). The minimum Gasteiger partial charge on any atom is -0.494 e. The monoisotopic (exact) mass is 740 g/mol. The van der Waals surface area contributed by atoms with E-state index in [0.717, 1.165) is 55.4 Å². The number of carbonyl (C=O) groups is 3.